The molecule has 0 spiro atoms. The van der Waals surface area contributed by atoms with E-state index in [0.717, 1.165) is 43.3 Å². The van der Waals surface area contributed by atoms with Gasteiger partial charge >= 0.3 is 0 Å². The Labute approximate surface area is 154 Å². The van der Waals surface area contributed by atoms with E-state index in [0.29, 0.717) is 23.4 Å². The zero-order valence-electron chi connectivity index (χ0n) is 15.2. The molecule has 2 aromatic rings. The topological polar surface area (TPSA) is 65.3 Å². The van der Waals surface area contributed by atoms with E-state index in [-0.39, 0.29) is 0 Å². The SMILES string of the molecule is COc1nccc(N2C[C@H]3CCN(Cc4cccc(C)n4)[C@H]3C2)c1C#N. The molecule has 0 bridgehead atoms. The first-order valence-corrected chi connectivity index (χ1v) is 9.04. The molecule has 2 aromatic heterocycles. The van der Waals surface area contributed by atoms with Crippen molar-refractivity contribution < 1.29 is 4.74 Å². The largest absolute Gasteiger partial charge is 0.480 e. The van der Waals surface area contributed by atoms with Crippen LogP contribution in [0.5, 0.6) is 5.88 Å². The molecule has 2 fully saturated rings. The zero-order chi connectivity index (χ0) is 18.1. The standard InChI is InChI=1S/C20H23N5O/c1-14-4-3-5-16(23-14)12-24-9-7-15-11-25(13-19(15)24)18-6-8-22-20(26-2)17(18)10-21/h3-6,8,15,19H,7,9,11-13H2,1-2H3/t15-,19+/m1/s1. The highest BCUT2D eigenvalue weighted by Crippen LogP contribution is 2.37. The molecular formula is C20H23N5O. The molecule has 6 heteroatoms. The molecular weight excluding hydrogens is 326 g/mol. The average molecular weight is 349 g/mol. The van der Waals surface area contributed by atoms with Gasteiger partial charge in [0.05, 0.1) is 18.5 Å². The molecule has 0 amide bonds. The van der Waals surface area contributed by atoms with Crippen molar-refractivity contribution in [2.75, 3.05) is 31.6 Å². The summed E-state index contributed by atoms with van der Waals surface area (Å²) in [6.07, 6.45) is 2.91. The van der Waals surface area contributed by atoms with E-state index in [1.807, 2.05) is 19.1 Å². The first kappa shape index (κ1) is 16.8. The van der Waals surface area contributed by atoms with Crippen molar-refractivity contribution in [1.29, 1.82) is 5.26 Å². The van der Waals surface area contributed by atoms with Crippen LogP contribution in [0.1, 0.15) is 23.4 Å². The number of nitriles is 1. The molecule has 0 aliphatic carbocycles. The molecule has 2 saturated heterocycles. The Morgan fingerprint density at radius 2 is 2.19 bits per heavy atom. The highest BCUT2D eigenvalue weighted by Gasteiger charge is 2.42. The summed E-state index contributed by atoms with van der Waals surface area (Å²) in [5.41, 5.74) is 3.66. The summed E-state index contributed by atoms with van der Waals surface area (Å²) in [7, 11) is 1.56. The van der Waals surface area contributed by atoms with Crippen LogP contribution in [-0.4, -0.2) is 47.7 Å². The summed E-state index contributed by atoms with van der Waals surface area (Å²) in [5, 5.41) is 9.55. The number of anilines is 1. The molecule has 2 aliphatic rings. The van der Waals surface area contributed by atoms with E-state index in [4.69, 9.17) is 4.74 Å². The lowest BCUT2D eigenvalue weighted by Gasteiger charge is -2.26. The third-order valence-electron chi connectivity index (χ3n) is 5.51. The highest BCUT2D eigenvalue weighted by atomic mass is 16.5. The van der Waals surface area contributed by atoms with Crippen LogP contribution in [0, 0.1) is 24.2 Å². The fraction of sp³-hybridized carbons (Fsp3) is 0.450. The Kier molecular flexibility index (Phi) is 4.48. The highest BCUT2D eigenvalue weighted by molar-refractivity contribution is 5.63. The summed E-state index contributed by atoms with van der Waals surface area (Å²) in [6, 6.07) is 10.9. The number of ether oxygens (including phenoxy) is 1. The first-order chi connectivity index (χ1) is 12.7. The smallest absolute Gasteiger partial charge is 0.233 e. The van der Waals surface area contributed by atoms with Crippen molar-refractivity contribution in [3.63, 3.8) is 0 Å². The summed E-state index contributed by atoms with van der Waals surface area (Å²) in [4.78, 5) is 13.7. The number of aryl methyl sites for hydroxylation is 1. The monoisotopic (exact) mass is 349 g/mol. The number of aromatic nitrogens is 2. The molecule has 4 heterocycles. The quantitative estimate of drug-likeness (QED) is 0.844. The maximum absolute atomic E-state index is 9.55. The van der Waals surface area contributed by atoms with Crippen LogP contribution in [0.2, 0.25) is 0 Å². The van der Waals surface area contributed by atoms with Gasteiger partial charge in [0.2, 0.25) is 5.88 Å². The van der Waals surface area contributed by atoms with Gasteiger partial charge in [-0.05, 0) is 44.0 Å². The molecule has 6 nitrogen and oxygen atoms in total. The molecule has 0 saturated carbocycles. The van der Waals surface area contributed by atoms with Gasteiger partial charge in [-0.25, -0.2) is 4.98 Å². The van der Waals surface area contributed by atoms with Crippen molar-refractivity contribution in [2.24, 2.45) is 5.92 Å². The molecule has 0 radical (unpaired) electrons. The Morgan fingerprint density at radius 1 is 1.31 bits per heavy atom. The van der Waals surface area contributed by atoms with Crippen molar-refractivity contribution in [1.82, 2.24) is 14.9 Å². The number of fused-ring (bicyclic) bond motifs is 1. The summed E-state index contributed by atoms with van der Waals surface area (Å²) < 4.78 is 5.26. The van der Waals surface area contributed by atoms with Crippen molar-refractivity contribution >= 4 is 5.69 Å². The molecule has 4 rings (SSSR count). The minimum absolute atomic E-state index is 0.405. The fourth-order valence-electron chi connectivity index (χ4n) is 4.29. The van der Waals surface area contributed by atoms with E-state index in [1.54, 1.807) is 13.3 Å². The van der Waals surface area contributed by atoms with Gasteiger partial charge in [-0.2, -0.15) is 5.26 Å². The molecule has 26 heavy (non-hydrogen) atoms. The summed E-state index contributed by atoms with van der Waals surface area (Å²) in [5.74, 6) is 1.04. The lowest BCUT2D eigenvalue weighted by Crippen LogP contribution is -2.35. The van der Waals surface area contributed by atoms with Gasteiger partial charge < -0.3 is 9.64 Å². The molecule has 0 aromatic carbocycles. The number of methoxy groups -OCH3 is 1. The van der Waals surface area contributed by atoms with Crippen LogP contribution in [0.4, 0.5) is 5.69 Å². The van der Waals surface area contributed by atoms with E-state index in [1.165, 1.54) is 6.42 Å². The van der Waals surface area contributed by atoms with Crippen LogP contribution in [0.3, 0.4) is 0 Å². The molecule has 0 N–H and O–H groups in total. The number of likely N-dealkylation sites (tertiary alicyclic amines) is 1. The fourth-order valence-corrected chi connectivity index (χ4v) is 4.29. The third kappa shape index (κ3) is 2.99. The number of nitrogens with zero attached hydrogens (tertiary/aromatic N) is 5. The van der Waals surface area contributed by atoms with Gasteiger partial charge in [0.25, 0.3) is 0 Å². The molecule has 0 unspecified atom stereocenters. The lowest BCUT2D eigenvalue weighted by molar-refractivity contribution is 0.243. The number of hydrogen-bond acceptors (Lipinski definition) is 6. The van der Waals surface area contributed by atoms with Crippen LogP contribution >= 0.6 is 0 Å². The number of rotatable bonds is 4. The number of pyridine rings is 2. The second-order valence-electron chi connectivity index (χ2n) is 7.09. The van der Waals surface area contributed by atoms with Gasteiger partial charge in [-0.15, -0.1) is 0 Å². The Balaban J connectivity index is 1.53. The van der Waals surface area contributed by atoms with Gasteiger partial charge in [0.15, 0.2) is 0 Å². The third-order valence-corrected chi connectivity index (χ3v) is 5.51. The van der Waals surface area contributed by atoms with E-state index in [9.17, 15) is 5.26 Å². The minimum Gasteiger partial charge on any atom is -0.480 e. The van der Waals surface area contributed by atoms with Gasteiger partial charge in [0.1, 0.15) is 11.6 Å². The van der Waals surface area contributed by atoms with Crippen molar-refractivity contribution in [2.45, 2.75) is 25.9 Å². The van der Waals surface area contributed by atoms with Gasteiger partial charge in [-0.3, -0.25) is 9.88 Å². The van der Waals surface area contributed by atoms with E-state index < -0.39 is 0 Å². The van der Waals surface area contributed by atoms with Crippen LogP contribution < -0.4 is 9.64 Å². The van der Waals surface area contributed by atoms with Gasteiger partial charge in [-0.1, -0.05) is 6.07 Å². The Bertz CT molecular complexity index is 846. The predicted octanol–water partition coefficient (Wildman–Crippen LogP) is 2.38. The maximum atomic E-state index is 9.55. The van der Waals surface area contributed by atoms with Crippen LogP contribution in [0.25, 0.3) is 0 Å². The van der Waals surface area contributed by atoms with Crippen molar-refractivity contribution in [3.05, 3.63) is 47.4 Å². The lowest BCUT2D eigenvalue weighted by atomic mass is 10.1. The van der Waals surface area contributed by atoms with Crippen LogP contribution in [-0.2, 0) is 6.54 Å². The normalized spacial score (nSPS) is 22.3. The second-order valence-corrected chi connectivity index (χ2v) is 7.09. The minimum atomic E-state index is 0.405. The summed E-state index contributed by atoms with van der Waals surface area (Å²) in [6.45, 7) is 5.95. The second kappa shape index (κ2) is 6.93. The molecule has 134 valence electrons. The first-order valence-electron chi connectivity index (χ1n) is 9.04. The molecule has 2 aliphatic heterocycles. The van der Waals surface area contributed by atoms with Crippen molar-refractivity contribution in [3.8, 4) is 11.9 Å². The predicted molar refractivity (Wildman–Crippen MR) is 99.0 cm³/mol. The number of hydrogen-bond donors (Lipinski definition) is 0. The summed E-state index contributed by atoms with van der Waals surface area (Å²) >= 11 is 0. The van der Waals surface area contributed by atoms with Gasteiger partial charge in [0, 0.05) is 37.6 Å². The zero-order valence-corrected chi connectivity index (χ0v) is 15.2. The van der Waals surface area contributed by atoms with Crippen LogP contribution in [0.15, 0.2) is 30.5 Å². The van der Waals surface area contributed by atoms with E-state index in [2.05, 4.69) is 38.0 Å². The van der Waals surface area contributed by atoms with E-state index >= 15 is 0 Å². The average Bonchev–Trinajstić information content (AvgIpc) is 3.23. The Morgan fingerprint density at radius 3 is 2.96 bits per heavy atom. The molecule has 2 atom stereocenters. The maximum Gasteiger partial charge on any atom is 0.233 e. The Hall–Kier alpha value is -2.65.